The van der Waals surface area contributed by atoms with E-state index in [9.17, 15) is 9.36 Å². The van der Waals surface area contributed by atoms with Crippen LogP contribution in [0.1, 0.15) is 21.5 Å². The average Bonchev–Trinajstić information content (AvgIpc) is 2.97. The molecule has 4 rings (SSSR count). The molecule has 24 heavy (non-hydrogen) atoms. The van der Waals surface area contributed by atoms with Gasteiger partial charge in [0, 0.05) is 21.5 Å². The number of rotatable bonds is 3. The van der Waals surface area contributed by atoms with Crippen LogP contribution in [0.5, 0.6) is 0 Å². The Morgan fingerprint density at radius 2 is 1.42 bits per heavy atom. The Kier molecular flexibility index (Phi) is 3.55. The van der Waals surface area contributed by atoms with Gasteiger partial charge >= 0.3 is 0 Å². The topological polar surface area (TPSA) is 34.1 Å². The molecule has 0 amide bonds. The van der Waals surface area contributed by atoms with Crippen LogP contribution in [0.4, 0.5) is 0 Å². The molecule has 0 saturated carbocycles. The first-order chi connectivity index (χ1) is 11.7. The molecule has 0 aliphatic carbocycles. The second-order valence-electron chi connectivity index (χ2n) is 5.77. The summed E-state index contributed by atoms with van der Waals surface area (Å²) >= 11 is 0. The molecule has 0 aromatic heterocycles. The Morgan fingerprint density at radius 1 is 0.750 bits per heavy atom. The fraction of sp³-hybridized carbons (Fsp3) is 0. The van der Waals surface area contributed by atoms with E-state index < -0.39 is 7.14 Å². The van der Waals surface area contributed by atoms with Crippen LogP contribution in [-0.2, 0) is 4.57 Å². The van der Waals surface area contributed by atoms with E-state index in [-0.39, 0.29) is 0 Å². The van der Waals surface area contributed by atoms with Gasteiger partial charge in [0.2, 0.25) is 0 Å². The SMILES string of the molecule is O=Cc1ccc(C2=Cc3ccccc3P2(=O)c2ccccc2)cc1. The highest BCUT2D eigenvalue weighted by molar-refractivity contribution is 7.88. The van der Waals surface area contributed by atoms with Gasteiger partial charge in [0.25, 0.3) is 0 Å². The summed E-state index contributed by atoms with van der Waals surface area (Å²) in [7, 11) is -2.90. The summed E-state index contributed by atoms with van der Waals surface area (Å²) in [5, 5.41) is 2.54. The molecular formula is C21H15O2P. The van der Waals surface area contributed by atoms with E-state index in [1.165, 1.54) is 0 Å². The Balaban J connectivity index is 1.95. The van der Waals surface area contributed by atoms with E-state index >= 15 is 0 Å². The lowest BCUT2D eigenvalue weighted by molar-refractivity contribution is 0.112. The molecule has 1 aliphatic heterocycles. The molecule has 0 bridgehead atoms. The molecule has 3 aromatic carbocycles. The smallest absolute Gasteiger partial charge is 0.172 e. The van der Waals surface area contributed by atoms with Gasteiger partial charge in [0.05, 0.1) is 0 Å². The van der Waals surface area contributed by atoms with Crippen molar-refractivity contribution in [3.05, 3.63) is 95.6 Å². The lowest BCUT2D eigenvalue weighted by Crippen LogP contribution is -2.15. The van der Waals surface area contributed by atoms with Gasteiger partial charge in [0.15, 0.2) is 7.14 Å². The molecule has 1 aliphatic rings. The van der Waals surface area contributed by atoms with E-state index in [0.717, 1.165) is 33.3 Å². The Hall–Kier alpha value is -2.70. The second kappa shape index (κ2) is 5.74. The molecule has 116 valence electrons. The largest absolute Gasteiger partial charge is 0.309 e. The summed E-state index contributed by atoms with van der Waals surface area (Å²) in [5.74, 6) is 0. The maximum Gasteiger partial charge on any atom is 0.172 e. The molecule has 3 heteroatoms. The van der Waals surface area contributed by atoms with Crippen LogP contribution in [0, 0.1) is 0 Å². The van der Waals surface area contributed by atoms with Gasteiger partial charge in [-0.1, -0.05) is 78.9 Å². The van der Waals surface area contributed by atoms with E-state index in [1.807, 2.05) is 72.8 Å². The summed E-state index contributed by atoms with van der Waals surface area (Å²) in [6, 6.07) is 24.7. The zero-order valence-corrected chi connectivity index (χ0v) is 13.8. The van der Waals surface area contributed by atoms with Crippen molar-refractivity contribution < 1.29 is 9.36 Å². The van der Waals surface area contributed by atoms with Crippen molar-refractivity contribution in [2.45, 2.75) is 0 Å². The standard InChI is InChI=1S/C21H15O2P/c22-15-16-10-12-17(13-11-16)21-14-18-6-4-5-9-20(18)24(21,23)19-7-2-1-3-8-19/h1-15H. The van der Waals surface area contributed by atoms with Gasteiger partial charge in [-0.2, -0.15) is 0 Å². The summed E-state index contributed by atoms with van der Waals surface area (Å²) in [5.41, 5.74) is 2.51. The van der Waals surface area contributed by atoms with Crippen molar-refractivity contribution in [2.24, 2.45) is 0 Å². The number of carbonyl (C=O) groups is 1. The van der Waals surface area contributed by atoms with Crippen LogP contribution in [0.25, 0.3) is 11.4 Å². The molecule has 0 spiro atoms. The highest BCUT2D eigenvalue weighted by atomic mass is 31.2. The highest BCUT2D eigenvalue weighted by Gasteiger charge is 2.38. The summed E-state index contributed by atoms with van der Waals surface area (Å²) in [4.78, 5) is 10.9. The first-order valence-corrected chi connectivity index (χ1v) is 9.47. The maximum atomic E-state index is 14.2. The van der Waals surface area contributed by atoms with E-state index in [4.69, 9.17) is 0 Å². The van der Waals surface area contributed by atoms with Crippen molar-refractivity contribution >= 4 is 35.4 Å². The maximum absolute atomic E-state index is 14.2. The minimum Gasteiger partial charge on any atom is -0.309 e. The van der Waals surface area contributed by atoms with Crippen LogP contribution in [0.3, 0.4) is 0 Å². The summed E-state index contributed by atoms with van der Waals surface area (Å²) < 4.78 is 14.2. The van der Waals surface area contributed by atoms with E-state index in [2.05, 4.69) is 0 Å². The quantitative estimate of drug-likeness (QED) is 0.529. The molecule has 0 saturated heterocycles. The van der Waals surface area contributed by atoms with Crippen molar-refractivity contribution in [3.63, 3.8) is 0 Å². The fourth-order valence-corrected chi connectivity index (χ4v) is 6.22. The molecule has 1 heterocycles. The third-order valence-electron chi connectivity index (χ3n) is 4.37. The Morgan fingerprint density at radius 3 is 2.12 bits per heavy atom. The van der Waals surface area contributed by atoms with Gasteiger partial charge in [0.1, 0.15) is 6.29 Å². The zero-order chi connectivity index (χ0) is 16.6. The van der Waals surface area contributed by atoms with Crippen LogP contribution in [0.2, 0.25) is 0 Å². The number of carbonyl (C=O) groups excluding carboxylic acids is 1. The van der Waals surface area contributed by atoms with Crippen LogP contribution in [0.15, 0.2) is 78.9 Å². The predicted octanol–water partition coefficient (Wildman–Crippen LogP) is 4.32. The van der Waals surface area contributed by atoms with Crippen molar-refractivity contribution in [3.8, 4) is 0 Å². The molecule has 0 N–H and O–H groups in total. The van der Waals surface area contributed by atoms with Crippen molar-refractivity contribution in [1.82, 2.24) is 0 Å². The zero-order valence-electron chi connectivity index (χ0n) is 12.9. The van der Waals surface area contributed by atoms with Crippen LogP contribution >= 0.6 is 7.14 Å². The van der Waals surface area contributed by atoms with E-state index in [0.29, 0.717) is 5.56 Å². The molecular weight excluding hydrogens is 315 g/mol. The molecule has 1 atom stereocenters. The molecule has 3 aromatic rings. The Labute approximate surface area is 140 Å². The minimum absolute atomic E-state index is 0.615. The molecule has 2 nitrogen and oxygen atoms in total. The molecule has 1 unspecified atom stereocenters. The van der Waals surface area contributed by atoms with Crippen molar-refractivity contribution in [1.29, 1.82) is 0 Å². The number of aldehydes is 1. The van der Waals surface area contributed by atoms with Gasteiger partial charge in [-0.15, -0.1) is 0 Å². The molecule has 0 radical (unpaired) electrons. The fourth-order valence-electron chi connectivity index (χ4n) is 3.18. The lowest BCUT2D eigenvalue weighted by atomic mass is 10.1. The van der Waals surface area contributed by atoms with Gasteiger partial charge < -0.3 is 4.57 Å². The Bertz CT molecular complexity index is 986. The van der Waals surface area contributed by atoms with Crippen LogP contribution < -0.4 is 10.6 Å². The van der Waals surface area contributed by atoms with Gasteiger partial charge in [-0.25, -0.2) is 0 Å². The number of hydrogen-bond acceptors (Lipinski definition) is 2. The highest BCUT2D eigenvalue weighted by Crippen LogP contribution is 2.61. The summed E-state index contributed by atoms with van der Waals surface area (Å²) in [6.45, 7) is 0. The molecule has 0 fully saturated rings. The first kappa shape index (κ1) is 14.9. The predicted molar refractivity (Wildman–Crippen MR) is 99.5 cm³/mol. The van der Waals surface area contributed by atoms with Crippen molar-refractivity contribution in [2.75, 3.05) is 0 Å². The number of fused-ring (bicyclic) bond motifs is 1. The number of hydrogen-bond donors (Lipinski definition) is 0. The third-order valence-corrected chi connectivity index (χ3v) is 7.55. The second-order valence-corrected chi connectivity index (χ2v) is 8.47. The van der Waals surface area contributed by atoms with E-state index in [1.54, 1.807) is 12.1 Å². The monoisotopic (exact) mass is 330 g/mol. The lowest BCUT2D eigenvalue weighted by Gasteiger charge is -2.19. The first-order valence-electron chi connectivity index (χ1n) is 7.76. The van der Waals surface area contributed by atoms with Gasteiger partial charge in [-0.05, 0) is 17.2 Å². The third kappa shape index (κ3) is 2.19. The minimum atomic E-state index is -2.90. The van der Waals surface area contributed by atoms with Gasteiger partial charge in [-0.3, -0.25) is 4.79 Å². The van der Waals surface area contributed by atoms with Crippen LogP contribution in [-0.4, -0.2) is 6.29 Å². The average molecular weight is 330 g/mol. The number of benzene rings is 3. The summed E-state index contributed by atoms with van der Waals surface area (Å²) in [6.07, 6.45) is 2.83. The normalized spacial score (nSPS) is 18.8.